The highest BCUT2D eigenvalue weighted by molar-refractivity contribution is 5.81. The van der Waals surface area contributed by atoms with Crippen molar-refractivity contribution in [3.8, 4) is 0 Å². The number of nitrogens with one attached hydrogen (secondary N) is 2. The second-order valence-electron chi connectivity index (χ2n) is 8.28. The molecule has 0 bridgehead atoms. The Kier molecular flexibility index (Phi) is 6.56. The third-order valence-electron chi connectivity index (χ3n) is 6.09. The molecule has 7 heteroatoms. The zero-order chi connectivity index (χ0) is 20.1. The van der Waals surface area contributed by atoms with E-state index in [1.807, 2.05) is 18.2 Å². The van der Waals surface area contributed by atoms with Gasteiger partial charge in [0, 0.05) is 19.5 Å². The highest BCUT2D eigenvalue weighted by Gasteiger charge is 2.29. The molecule has 2 N–H and O–H groups in total. The molecule has 4 rings (SSSR count). The van der Waals surface area contributed by atoms with E-state index in [9.17, 15) is 4.79 Å². The quantitative estimate of drug-likeness (QED) is 0.746. The number of aromatic nitrogens is 2. The van der Waals surface area contributed by atoms with Crippen LogP contribution in [0.15, 0.2) is 34.9 Å². The van der Waals surface area contributed by atoms with Crippen LogP contribution < -0.4 is 10.6 Å². The lowest BCUT2D eigenvalue weighted by Crippen LogP contribution is -2.45. The Morgan fingerprint density at radius 1 is 1.31 bits per heavy atom. The van der Waals surface area contributed by atoms with Crippen molar-refractivity contribution in [2.24, 2.45) is 5.92 Å². The minimum absolute atomic E-state index is 0.00459. The number of hydrogen-bond donors (Lipinski definition) is 2. The predicted octanol–water partition coefficient (Wildman–Crippen LogP) is 2.30. The van der Waals surface area contributed by atoms with E-state index in [0.29, 0.717) is 18.2 Å². The summed E-state index contributed by atoms with van der Waals surface area (Å²) < 4.78 is 5.57. The molecule has 2 aliphatic heterocycles. The Hall–Kier alpha value is -2.25. The molecule has 2 aliphatic rings. The molecule has 3 heterocycles. The van der Waals surface area contributed by atoms with Gasteiger partial charge >= 0.3 is 0 Å². The summed E-state index contributed by atoms with van der Waals surface area (Å²) >= 11 is 0. The van der Waals surface area contributed by atoms with Crippen LogP contribution in [-0.2, 0) is 11.2 Å². The van der Waals surface area contributed by atoms with Crippen LogP contribution in [0.3, 0.4) is 0 Å². The monoisotopic (exact) mass is 397 g/mol. The zero-order valence-corrected chi connectivity index (χ0v) is 17.1. The molecule has 1 aromatic heterocycles. The molecule has 0 saturated carbocycles. The average molecular weight is 398 g/mol. The van der Waals surface area contributed by atoms with Gasteiger partial charge in [-0.3, -0.25) is 9.69 Å². The highest BCUT2D eigenvalue weighted by atomic mass is 16.5. The molecule has 0 spiro atoms. The molecule has 0 radical (unpaired) electrons. The topological polar surface area (TPSA) is 83.3 Å². The number of carbonyl (C=O) groups is 1. The van der Waals surface area contributed by atoms with E-state index in [1.165, 1.54) is 5.56 Å². The van der Waals surface area contributed by atoms with Crippen LogP contribution in [-0.4, -0.2) is 53.2 Å². The Bertz CT molecular complexity index is 788. The number of nitrogens with zero attached hydrogens (tertiary/aromatic N) is 3. The van der Waals surface area contributed by atoms with Crippen molar-refractivity contribution in [2.45, 2.75) is 51.1 Å². The maximum absolute atomic E-state index is 12.3. The molecular weight excluding hydrogens is 366 g/mol. The first-order valence-electron chi connectivity index (χ1n) is 10.8. The number of likely N-dealkylation sites (tertiary alicyclic amines) is 1. The van der Waals surface area contributed by atoms with Gasteiger partial charge < -0.3 is 15.2 Å². The highest BCUT2D eigenvalue weighted by Crippen LogP contribution is 2.26. The molecule has 2 saturated heterocycles. The van der Waals surface area contributed by atoms with Crippen molar-refractivity contribution in [2.75, 3.05) is 26.2 Å². The van der Waals surface area contributed by atoms with Gasteiger partial charge in [-0.1, -0.05) is 35.5 Å². The molecule has 1 amide bonds. The first-order valence-corrected chi connectivity index (χ1v) is 10.8. The summed E-state index contributed by atoms with van der Waals surface area (Å²) in [5.41, 5.74) is 1.18. The van der Waals surface area contributed by atoms with E-state index >= 15 is 0 Å². The summed E-state index contributed by atoms with van der Waals surface area (Å²) in [5.74, 6) is 2.01. The number of carbonyl (C=O) groups excluding carboxylic acids is 1. The maximum atomic E-state index is 12.3. The van der Waals surface area contributed by atoms with Crippen molar-refractivity contribution in [1.82, 2.24) is 25.7 Å². The minimum Gasteiger partial charge on any atom is -0.354 e. The molecular formula is C22H31N5O2. The van der Waals surface area contributed by atoms with Gasteiger partial charge in [-0.2, -0.15) is 4.98 Å². The maximum Gasteiger partial charge on any atom is 0.243 e. The van der Waals surface area contributed by atoms with Gasteiger partial charge in [-0.25, -0.2) is 0 Å². The standard InChI is InChI=1S/C22H31N5O2/c1-16(22-25-20(26-29-22)13-17-7-3-2-4-8-17)27-12-6-9-18(15-27)14-24-21(28)19-10-5-11-23-19/h2-4,7-8,16,18-19,23H,5-6,9-15H2,1H3,(H,24,28). The fourth-order valence-corrected chi connectivity index (χ4v) is 4.34. The smallest absolute Gasteiger partial charge is 0.243 e. The average Bonchev–Trinajstić information content (AvgIpc) is 3.45. The number of hydrogen-bond acceptors (Lipinski definition) is 6. The molecule has 1 aromatic carbocycles. The van der Waals surface area contributed by atoms with Gasteiger partial charge in [0.05, 0.1) is 12.1 Å². The summed E-state index contributed by atoms with van der Waals surface area (Å²) in [4.78, 5) is 19.3. The number of benzene rings is 1. The van der Waals surface area contributed by atoms with E-state index in [-0.39, 0.29) is 18.0 Å². The SMILES string of the molecule is CC(c1nc(Cc2ccccc2)no1)N1CCCC(CNC(=O)C2CCCN2)C1. The fourth-order valence-electron chi connectivity index (χ4n) is 4.34. The molecule has 156 valence electrons. The number of piperidine rings is 1. The van der Waals surface area contributed by atoms with Crippen LogP contribution in [0.5, 0.6) is 0 Å². The summed E-state index contributed by atoms with van der Waals surface area (Å²) in [6.07, 6.45) is 4.98. The van der Waals surface area contributed by atoms with Gasteiger partial charge in [0.15, 0.2) is 5.82 Å². The Labute approximate surface area is 172 Å². The van der Waals surface area contributed by atoms with Crippen LogP contribution in [0.25, 0.3) is 0 Å². The van der Waals surface area contributed by atoms with Crippen molar-refractivity contribution < 1.29 is 9.32 Å². The van der Waals surface area contributed by atoms with Gasteiger partial charge in [-0.15, -0.1) is 0 Å². The molecule has 0 aliphatic carbocycles. The third kappa shape index (κ3) is 5.22. The van der Waals surface area contributed by atoms with Gasteiger partial charge in [0.2, 0.25) is 11.8 Å². The lowest BCUT2D eigenvalue weighted by Gasteiger charge is -2.35. The normalized spacial score (nSPS) is 23.8. The summed E-state index contributed by atoms with van der Waals surface area (Å²) in [7, 11) is 0. The summed E-state index contributed by atoms with van der Waals surface area (Å²) in [6.45, 7) is 5.78. The number of rotatable bonds is 7. The molecule has 7 nitrogen and oxygen atoms in total. The van der Waals surface area contributed by atoms with E-state index in [4.69, 9.17) is 4.52 Å². The molecule has 3 unspecified atom stereocenters. The molecule has 3 atom stereocenters. The lowest BCUT2D eigenvalue weighted by molar-refractivity contribution is -0.123. The molecule has 2 fully saturated rings. The van der Waals surface area contributed by atoms with Crippen LogP contribution >= 0.6 is 0 Å². The zero-order valence-electron chi connectivity index (χ0n) is 17.1. The number of amides is 1. The van der Waals surface area contributed by atoms with E-state index in [2.05, 4.69) is 44.7 Å². The second-order valence-corrected chi connectivity index (χ2v) is 8.28. The van der Waals surface area contributed by atoms with Gasteiger partial charge in [0.25, 0.3) is 0 Å². The van der Waals surface area contributed by atoms with E-state index in [0.717, 1.165) is 57.7 Å². The van der Waals surface area contributed by atoms with Crippen molar-refractivity contribution in [3.05, 3.63) is 47.6 Å². The van der Waals surface area contributed by atoms with Crippen LogP contribution in [0.4, 0.5) is 0 Å². The van der Waals surface area contributed by atoms with Crippen molar-refractivity contribution in [3.63, 3.8) is 0 Å². The van der Waals surface area contributed by atoms with Crippen molar-refractivity contribution in [1.29, 1.82) is 0 Å². The van der Waals surface area contributed by atoms with Gasteiger partial charge in [-0.05, 0) is 57.2 Å². The Morgan fingerprint density at radius 3 is 2.97 bits per heavy atom. The first-order chi connectivity index (χ1) is 14.2. The van der Waals surface area contributed by atoms with Crippen LogP contribution in [0, 0.1) is 5.92 Å². The minimum atomic E-state index is -0.00459. The largest absolute Gasteiger partial charge is 0.354 e. The molecule has 29 heavy (non-hydrogen) atoms. The lowest BCUT2D eigenvalue weighted by atomic mass is 9.96. The Morgan fingerprint density at radius 2 is 2.17 bits per heavy atom. The van der Waals surface area contributed by atoms with E-state index in [1.54, 1.807) is 0 Å². The second kappa shape index (κ2) is 9.50. The predicted molar refractivity (Wildman–Crippen MR) is 110 cm³/mol. The Balaban J connectivity index is 1.29. The van der Waals surface area contributed by atoms with Gasteiger partial charge in [0.1, 0.15) is 0 Å². The van der Waals surface area contributed by atoms with Crippen LogP contribution in [0.2, 0.25) is 0 Å². The third-order valence-corrected chi connectivity index (χ3v) is 6.09. The summed E-state index contributed by atoms with van der Waals surface area (Å²) in [5, 5.41) is 10.6. The van der Waals surface area contributed by atoms with Crippen molar-refractivity contribution >= 4 is 5.91 Å². The van der Waals surface area contributed by atoms with Crippen LogP contribution in [0.1, 0.15) is 55.9 Å². The first kappa shape index (κ1) is 20.0. The summed E-state index contributed by atoms with van der Waals surface area (Å²) in [6, 6.07) is 10.3. The molecule has 2 aromatic rings. The van der Waals surface area contributed by atoms with E-state index < -0.39 is 0 Å². The fraction of sp³-hybridized carbons (Fsp3) is 0.591.